The Labute approximate surface area is 126 Å². The van der Waals surface area contributed by atoms with E-state index in [1.54, 1.807) is 48.6 Å². The molecule has 0 amide bonds. The summed E-state index contributed by atoms with van der Waals surface area (Å²) in [4.78, 5) is 14.9. The van der Waals surface area contributed by atoms with Gasteiger partial charge in [-0.1, -0.05) is 30.3 Å². The number of hydrogen-bond donors (Lipinski definition) is 1. The summed E-state index contributed by atoms with van der Waals surface area (Å²) in [5, 5.41) is 21.6. The fourth-order valence-corrected chi connectivity index (χ4v) is 2.21. The molecule has 0 atom stereocenters. The zero-order chi connectivity index (χ0) is 15.5. The molecule has 22 heavy (non-hydrogen) atoms. The molecule has 0 unspecified atom stereocenters. The van der Waals surface area contributed by atoms with Gasteiger partial charge < -0.3 is 5.11 Å². The first-order valence-electron chi connectivity index (χ1n) is 6.65. The van der Waals surface area contributed by atoms with E-state index in [0.29, 0.717) is 16.8 Å². The van der Waals surface area contributed by atoms with E-state index in [1.165, 1.54) is 6.07 Å². The quantitative estimate of drug-likeness (QED) is 0.584. The number of fused-ring (bicyclic) bond motifs is 1. The lowest BCUT2D eigenvalue weighted by atomic mass is 10.1. The molecule has 0 aliphatic carbocycles. The highest BCUT2D eigenvalue weighted by Crippen LogP contribution is 2.24. The van der Waals surface area contributed by atoms with Crippen molar-refractivity contribution < 1.29 is 10.0 Å². The average molecular weight is 292 g/mol. The number of phenols is 1. The molecule has 3 rings (SSSR count). The summed E-state index contributed by atoms with van der Waals surface area (Å²) >= 11 is 0. The summed E-state index contributed by atoms with van der Waals surface area (Å²) in [6, 6.07) is 15.3. The highest BCUT2D eigenvalue weighted by Gasteiger charge is 2.09. The predicted octanol–water partition coefficient (Wildman–Crippen LogP) is 4.02. The van der Waals surface area contributed by atoms with Gasteiger partial charge >= 0.3 is 0 Å². The van der Waals surface area contributed by atoms with Crippen molar-refractivity contribution in [2.75, 3.05) is 0 Å². The van der Waals surface area contributed by atoms with Gasteiger partial charge in [-0.05, 0) is 30.4 Å². The lowest BCUT2D eigenvalue weighted by molar-refractivity contribution is -0.385. The normalized spacial score (nSPS) is 11.1. The lowest BCUT2D eigenvalue weighted by Crippen LogP contribution is -1.90. The minimum Gasteiger partial charge on any atom is -0.506 e. The molecule has 0 saturated carbocycles. The molecular formula is C17H12N2O3. The Kier molecular flexibility index (Phi) is 3.53. The Morgan fingerprint density at radius 3 is 2.64 bits per heavy atom. The Morgan fingerprint density at radius 1 is 1.00 bits per heavy atom. The third-order valence-corrected chi connectivity index (χ3v) is 3.29. The van der Waals surface area contributed by atoms with Crippen LogP contribution in [-0.2, 0) is 0 Å². The second kappa shape index (κ2) is 5.65. The van der Waals surface area contributed by atoms with Crippen molar-refractivity contribution in [3.05, 3.63) is 76.0 Å². The number of aromatic hydroxyl groups is 1. The number of phenolic OH excluding ortho intramolecular Hbond substituents is 1. The minimum atomic E-state index is -0.417. The van der Waals surface area contributed by atoms with Crippen molar-refractivity contribution in [2.24, 2.45) is 0 Å². The van der Waals surface area contributed by atoms with Gasteiger partial charge in [-0.3, -0.25) is 10.1 Å². The van der Waals surface area contributed by atoms with Crippen molar-refractivity contribution in [3.63, 3.8) is 0 Å². The molecule has 1 heterocycles. The summed E-state index contributed by atoms with van der Waals surface area (Å²) < 4.78 is 0. The molecule has 0 bridgehead atoms. The number of nitro benzene ring substituents is 1. The summed E-state index contributed by atoms with van der Waals surface area (Å²) in [5.74, 6) is 0.110. The second-order valence-corrected chi connectivity index (χ2v) is 4.73. The number of nitrogens with zero attached hydrogens (tertiary/aromatic N) is 2. The summed E-state index contributed by atoms with van der Waals surface area (Å²) in [6.45, 7) is 0. The second-order valence-electron chi connectivity index (χ2n) is 4.73. The molecule has 1 aromatic heterocycles. The molecule has 1 N–H and O–H groups in total. The average Bonchev–Trinajstić information content (AvgIpc) is 2.53. The standard InChI is InChI=1S/C17H12N2O3/c20-16-7-3-5-13-9-11-14(18-17(13)16)10-8-12-4-1-2-6-15(12)19(21)22/h1-11,20H. The van der Waals surface area contributed by atoms with Crippen molar-refractivity contribution >= 4 is 28.7 Å². The molecule has 0 radical (unpaired) electrons. The van der Waals surface area contributed by atoms with Crippen LogP contribution in [0, 0.1) is 10.1 Å². The predicted molar refractivity (Wildman–Crippen MR) is 85.4 cm³/mol. The van der Waals surface area contributed by atoms with Gasteiger partial charge in [0.25, 0.3) is 5.69 Å². The van der Waals surface area contributed by atoms with Crippen LogP contribution in [0.25, 0.3) is 23.1 Å². The van der Waals surface area contributed by atoms with E-state index in [4.69, 9.17) is 0 Å². The highest BCUT2D eigenvalue weighted by molar-refractivity contribution is 5.86. The molecule has 0 spiro atoms. The van der Waals surface area contributed by atoms with Gasteiger partial charge in [-0.15, -0.1) is 0 Å². The van der Waals surface area contributed by atoms with Crippen molar-refractivity contribution in [3.8, 4) is 5.75 Å². The third kappa shape index (κ3) is 2.64. The Morgan fingerprint density at radius 2 is 1.82 bits per heavy atom. The van der Waals surface area contributed by atoms with Gasteiger partial charge in [-0.25, -0.2) is 4.98 Å². The van der Waals surface area contributed by atoms with Gasteiger partial charge in [0.15, 0.2) is 0 Å². The number of aromatic nitrogens is 1. The van der Waals surface area contributed by atoms with Crippen LogP contribution in [0.5, 0.6) is 5.75 Å². The van der Waals surface area contributed by atoms with Crippen molar-refractivity contribution in [2.45, 2.75) is 0 Å². The van der Waals surface area contributed by atoms with Crippen LogP contribution < -0.4 is 0 Å². The molecule has 5 nitrogen and oxygen atoms in total. The van der Waals surface area contributed by atoms with E-state index in [1.807, 2.05) is 12.1 Å². The lowest BCUT2D eigenvalue weighted by Gasteiger charge is -2.01. The smallest absolute Gasteiger partial charge is 0.276 e. The summed E-state index contributed by atoms with van der Waals surface area (Å²) in [6.07, 6.45) is 3.33. The number of nitro groups is 1. The largest absolute Gasteiger partial charge is 0.506 e. The topological polar surface area (TPSA) is 76.3 Å². The summed E-state index contributed by atoms with van der Waals surface area (Å²) in [5.41, 5.74) is 1.67. The maximum Gasteiger partial charge on any atom is 0.276 e. The highest BCUT2D eigenvalue weighted by atomic mass is 16.6. The van der Waals surface area contributed by atoms with Gasteiger partial charge in [0.1, 0.15) is 11.3 Å². The maximum absolute atomic E-state index is 11.0. The van der Waals surface area contributed by atoms with E-state index < -0.39 is 4.92 Å². The Balaban J connectivity index is 2.00. The molecule has 108 valence electrons. The monoisotopic (exact) mass is 292 g/mol. The Bertz CT molecular complexity index is 888. The van der Waals surface area contributed by atoms with E-state index >= 15 is 0 Å². The number of hydrogen-bond acceptors (Lipinski definition) is 4. The van der Waals surface area contributed by atoms with Gasteiger partial charge in [-0.2, -0.15) is 0 Å². The first-order valence-corrected chi connectivity index (χ1v) is 6.65. The van der Waals surface area contributed by atoms with Crippen LogP contribution in [0.2, 0.25) is 0 Å². The Hall–Kier alpha value is -3.21. The van der Waals surface area contributed by atoms with E-state index in [0.717, 1.165) is 5.39 Å². The van der Waals surface area contributed by atoms with Crippen LogP contribution >= 0.6 is 0 Å². The van der Waals surface area contributed by atoms with Crippen LogP contribution in [0.3, 0.4) is 0 Å². The van der Waals surface area contributed by atoms with Crippen molar-refractivity contribution in [1.29, 1.82) is 0 Å². The van der Waals surface area contributed by atoms with Crippen molar-refractivity contribution in [1.82, 2.24) is 4.98 Å². The molecule has 0 fully saturated rings. The molecular weight excluding hydrogens is 280 g/mol. The minimum absolute atomic E-state index is 0.0439. The molecule has 5 heteroatoms. The molecule has 3 aromatic rings. The molecule has 2 aromatic carbocycles. The van der Waals surface area contributed by atoms with Gasteiger partial charge in [0.2, 0.25) is 0 Å². The SMILES string of the molecule is O=[N+]([O-])c1ccccc1C=Cc1ccc2cccc(O)c2n1. The maximum atomic E-state index is 11.0. The number of rotatable bonds is 3. The fourth-order valence-electron chi connectivity index (χ4n) is 2.21. The van der Waals surface area contributed by atoms with E-state index in [-0.39, 0.29) is 11.4 Å². The van der Waals surface area contributed by atoms with Crippen LogP contribution in [0.15, 0.2) is 54.6 Å². The zero-order valence-electron chi connectivity index (χ0n) is 11.5. The first-order chi connectivity index (χ1) is 10.6. The number of pyridine rings is 1. The van der Waals surface area contributed by atoms with Crippen LogP contribution in [0.4, 0.5) is 5.69 Å². The molecule has 0 saturated heterocycles. The first kappa shape index (κ1) is 13.8. The number of para-hydroxylation sites is 2. The van der Waals surface area contributed by atoms with E-state index in [9.17, 15) is 15.2 Å². The fraction of sp³-hybridized carbons (Fsp3) is 0. The zero-order valence-corrected chi connectivity index (χ0v) is 11.5. The van der Waals surface area contributed by atoms with Gasteiger partial charge in [0, 0.05) is 11.5 Å². The van der Waals surface area contributed by atoms with Crippen LogP contribution in [0.1, 0.15) is 11.3 Å². The molecule has 0 aliphatic heterocycles. The third-order valence-electron chi connectivity index (χ3n) is 3.29. The van der Waals surface area contributed by atoms with Gasteiger partial charge in [0.05, 0.1) is 16.2 Å². The number of benzene rings is 2. The van der Waals surface area contributed by atoms with Crippen LogP contribution in [-0.4, -0.2) is 15.0 Å². The molecule has 0 aliphatic rings. The van der Waals surface area contributed by atoms with E-state index in [2.05, 4.69) is 4.98 Å². The summed E-state index contributed by atoms with van der Waals surface area (Å²) in [7, 11) is 0.